The van der Waals surface area contributed by atoms with E-state index in [9.17, 15) is 9.18 Å². The van der Waals surface area contributed by atoms with E-state index in [4.69, 9.17) is 15.3 Å². The van der Waals surface area contributed by atoms with Crippen LogP contribution in [0, 0.1) is 28.5 Å². The number of anilines is 1. The lowest BCUT2D eigenvalue weighted by Gasteiger charge is -2.09. The third kappa shape index (κ3) is 3.57. The molecule has 0 aliphatic rings. The molecule has 0 saturated heterocycles. The first kappa shape index (κ1) is 16.7. The molecule has 0 amide bonds. The molecule has 0 bridgehead atoms. The fraction of sp³-hybridized carbons (Fsp3) is 0.125. The molecule has 7 nitrogen and oxygen atoms in total. The third-order valence-electron chi connectivity index (χ3n) is 2.93. The van der Waals surface area contributed by atoms with Gasteiger partial charge in [0, 0.05) is 6.20 Å². The Balaban J connectivity index is 2.50. The quantitative estimate of drug-likeness (QED) is 0.669. The minimum Gasteiger partial charge on any atom is -0.462 e. The van der Waals surface area contributed by atoms with Crippen molar-refractivity contribution < 1.29 is 13.9 Å². The van der Waals surface area contributed by atoms with Gasteiger partial charge in [0.15, 0.2) is 0 Å². The second-order valence-electron chi connectivity index (χ2n) is 4.44. The third-order valence-corrected chi connectivity index (χ3v) is 2.93. The van der Waals surface area contributed by atoms with Gasteiger partial charge in [-0.3, -0.25) is 0 Å². The molecule has 1 heterocycles. The Morgan fingerprint density at radius 2 is 2.04 bits per heavy atom. The minimum absolute atomic E-state index is 0.118. The van der Waals surface area contributed by atoms with Crippen LogP contribution < -0.4 is 5.32 Å². The van der Waals surface area contributed by atoms with Gasteiger partial charge in [-0.15, -0.1) is 0 Å². The Kier molecular flexibility index (Phi) is 5.27. The Hall–Kier alpha value is -3.65. The van der Waals surface area contributed by atoms with Crippen LogP contribution in [-0.4, -0.2) is 22.4 Å². The zero-order valence-corrected chi connectivity index (χ0v) is 12.7. The number of aromatic nitrogens is 2. The zero-order valence-electron chi connectivity index (χ0n) is 12.7. The number of nitriles is 2. The molecule has 0 spiro atoms. The van der Waals surface area contributed by atoms with Gasteiger partial charge >= 0.3 is 5.97 Å². The standard InChI is InChI=1S/C16H12FN5O2/c1-2-24-16(23)14-10-21-22(13-5-3-12(17)4-6-13)15(14)20-9-11(7-18)8-19/h3-6,9-10,20H,2H2,1H3. The van der Waals surface area contributed by atoms with E-state index < -0.39 is 11.8 Å². The summed E-state index contributed by atoms with van der Waals surface area (Å²) in [5.74, 6) is -0.831. The molecule has 1 N–H and O–H groups in total. The van der Waals surface area contributed by atoms with Gasteiger partial charge in [-0.05, 0) is 31.2 Å². The van der Waals surface area contributed by atoms with Crippen LogP contribution in [-0.2, 0) is 4.74 Å². The van der Waals surface area contributed by atoms with E-state index in [2.05, 4.69) is 10.4 Å². The number of rotatable bonds is 5. The first-order valence-corrected chi connectivity index (χ1v) is 6.88. The predicted molar refractivity (Wildman–Crippen MR) is 82.4 cm³/mol. The number of benzene rings is 1. The van der Waals surface area contributed by atoms with Crippen molar-refractivity contribution in [1.29, 1.82) is 10.5 Å². The highest BCUT2D eigenvalue weighted by Crippen LogP contribution is 2.22. The number of hydrogen-bond acceptors (Lipinski definition) is 6. The second-order valence-corrected chi connectivity index (χ2v) is 4.44. The Morgan fingerprint density at radius 3 is 2.62 bits per heavy atom. The molecule has 120 valence electrons. The van der Waals surface area contributed by atoms with E-state index in [1.54, 1.807) is 19.1 Å². The molecular formula is C16H12FN5O2. The Bertz CT molecular complexity index is 840. The molecule has 0 aliphatic carbocycles. The van der Waals surface area contributed by atoms with E-state index in [1.807, 2.05) is 0 Å². The van der Waals surface area contributed by atoms with Crippen molar-refractivity contribution in [1.82, 2.24) is 9.78 Å². The molecule has 0 atom stereocenters. The summed E-state index contributed by atoms with van der Waals surface area (Å²) in [6.45, 7) is 1.84. The molecule has 24 heavy (non-hydrogen) atoms. The smallest absolute Gasteiger partial charge is 0.343 e. The first-order valence-electron chi connectivity index (χ1n) is 6.88. The summed E-state index contributed by atoms with van der Waals surface area (Å²) >= 11 is 0. The summed E-state index contributed by atoms with van der Waals surface area (Å²) in [6.07, 6.45) is 2.44. The normalized spacial score (nSPS) is 9.50. The molecule has 0 unspecified atom stereocenters. The largest absolute Gasteiger partial charge is 0.462 e. The molecule has 1 aromatic heterocycles. The second kappa shape index (κ2) is 7.56. The molecule has 2 rings (SSSR count). The van der Waals surface area contributed by atoms with Crippen LogP contribution in [0.4, 0.5) is 10.2 Å². The van der Waals surface area contributed by atoms with Gasteiger partial charge in [-0.2, -0.15) is 15.6 Å². The SMILES string of the molecule is CCOC(=O)c1cnn(-c2ccc(F)cc2)c1NC=C(C#N)C#N. The number of carbonyl (C=O) groups is 1. The van der Waals surface area contributed by atoms with Crippen molar-refractivity contribution in [2.45, 2.75) is 6.92 Å². The summed E-state index contributed by atoms with van der Waals surface area (Å²) in [6, 6.07) is 8.83. The maximum absolute atomic E-state index is 13.1. The zero-order chi connectivity index (χ0) is 17.5. The highest BCUT2D eigenvalue weighted by Gasteiger charge is 2.19. The molecule has 0 radical (unpaired) electrons. The number of halogens is 1. The lowest BCUT2D eigenvalue weighted by molar-refractivity contribution is 0.0527. The average molecular weight is 325 g/mol. The van der Waals surface area contributed by atoms with E-state index in [-0.39, 0.29) is 23.6 Å². The van der Waals surface area contributed by atoms with E-state index in [1.165, 1.54) is 35.1 Å². The maximum Gasteiger partial charge on any atom is 0.343 e. The number of carbonyl (C=O) groups excluding carboxylic acids is 1. The number of hydrogen-bond donors (Lipinski definition) is 1. The van der Waals surface area contributed by atoms with Gasteiger partial charge in [0.1, 0.15) is 34.9 Å². The predicted octanol–water partition coefficient (Wildman–Crippen LogP) is 2.53. The van der Waals surface area contributed by atoms with E-state index >= 15 is 0 Å². The van der Waals surface area contributed by atoms with E-state index in [0.717, 1.165) is 6.20 Å². The van der Waals surface area contributed by atoms with Crippen LogP contribution in [0.15, 0.2) is 42.2 Å². The average Bonchev–Trinajstić information content (AvgIpc) is 3.01. The number of ether oxygens (including phenoxy) is 1. The first-order chi connectivity index (χ1) is 11.6. The molecule has 2 aromatic rings. The van der Waals surface area contributed by atoms with Crippen LogP contribution in [0.2, 0.25) is 0 Å². The van der Waals surface area contributed by atoms with Crippen molar-refractivity contribution in [3.8, 4) is 17.8 Å². The van der Waals surface area contributed by atoms with Crippen molar-refractivity contribution in [2.75, 3.05) is 11.9 Å². The fourth-order valence-corrected chi connectivity index (χ4v) is 1.85. The summed E-state index contributed by atoms with van der Waals surface area (Å²) in [4.78, 5) is 12.0. The van der Waals surface area contributed by atoms with Gasteiger partial charge in [0.25, 0.3) is 0 Å². The van der Waals surface area contributed by atoms with Crippen molar-refractivity contribution in [3.05, 3.63) is 53.6 Å². The fourth-order valence-electron chi connectivity index (χ4n) is 1.85. The van der Waals surface area contributed by atoms with Gasteiger partial charge in [-0.25, -0.2) is 13.9 Å². The highest BCUT2D eigenvalue weighted by atomic mass is 19.1. The van der Waals surface area contributed by atoms with Crippen molar-refractivity contribution in [3.63, 3.8) is 0 Å². The van der Waals surface area contributed by atoms with E-state index in [0.29, 0.717) is 5.69 Å². The molecule has 0 fully saturated rings. The molecule has 1 aromatic carbocycles. The summed E-state index contributed by atoms with van der Waals surface area (Å²) in [5, 5.41) is 24.4. The molecular weight excluding hydrogens is 313 g/mol. The van der Waals surface area contributed by atoms with Crippen molar-refractivity contribution in [2.24, 2.45) is 0 Å². The summed E-state index contributed by atoms with van der Waals surface area (Å²) in [7, 11) is 0. The lowest BCUT2D eigenvalue weighted by Crippen LogP contribution is -2.09. The minimum atomic E-state index is -0.614. The summed E-state index contributed by atoms with van der Waals surface area (Å²) < 4.78 is 19.4. The maximum atomic E-state index is 13.1. The van der Waals surface area contributed by atoms with Gasteiger partial charge in [0.05, 0.1) is 18.5 Å². The molecule has 8 heteroatoms. The van der Waals surface area contributed by atoms with Gasteiger partial charge < -0.3 is 10.1 Å². The number of nitrogens with zero attached hydrogens (tertiary/aromatic N) is 4. The van der Waals surface area contributed by atoms with Crippen LogP contribution in [0.5, 0.6) is 0 Å². The van der Waals surface area contributed by atoms with Crippen molar-refractivity contribution >= 4 is 11.8 Å². The van der Waals surface area contributed by atoms with Crippen LogP contribution in [0.25, 0.3) is 5.69 Å². The number of nitrogens with one attached hydrogen (secondary N) is 1. The number of esters is 1. The van der Waals surface area contributed by atoms with Gasteiger partial charge in [-0.1, -0.05) is 0 Å². The lowest BCUT2D eigenvalue weighted by atomic mass is 10.3. The molecule has 0 saturated carbocycles. The summed E-state index contributed by atoms with van der Waals surface area (Å²) in [5.41, 5.74) is 0.419. The highest BCUT2D eigenvalue weighted by molar-refractivity contribution is 5.95. The van der Waals surface area contributed by atoms with Gasteiger partial charge in [0.2, 0.25) is 0 Å². The van der Waals surface area contributed by atoms with Crippen LogP contribution in [0.3, 0.4) is 0 Å². The van der Waals surface area contributed by atoms with Crippen LogP contribution in [0.1, 0.15) is 17.3 Å². The Labute approximate surface area is 137 Å². The van der Waals surface area contributed by atoms with Crippen LogP contribution >= 0.6 is 0 Å². The topological polar surface area (TPSA) is 104 Å². The Morgan fingerprint density at radius 1 is 1.38 bits per heavy atom. The number of allylic oxidation sites excluding steroid dienone is 1. The monoisotopic (exact) mass is 325 g/mol. The molecule has 0 aliphatic heterocycles.